The number of hydrogen-bond acceptors (Lipinski definition) is 3. The minimum Gasteiger partial charge on any atom is -0.381 e. The third kappa shape index (κ3) is 1.72. The maximum atomic E-state index is 11.1. The zero-order valence-corrected chi connectivity index (χ0v) is 7.52. The summed E-state index contributed by atoms with van der Waals surface area (Å²) in [5.41, 5.74) is 0. The highest BCUT2D eigenvalue weighted by Crippen LogP contribution is 2.27. The smallest absolute Gasteiger partial charge is 0.214 e. The molecule has 1 aliphatic rings. The Hall–Kier alpha value is -0.130. The van der Waals surface area contributed by atoms with Gasteiger partial charge in [-0.1, -0.05) is 0 Å². The summed E-state index contributed by atoms with van der Waals surface area (Å²) < 4.78 is 29.4. The third-order valence-corrected chi connectivity index (χ3v) is 3.94. The lowest BCUT2D eigenvalue weighted by atomic mass is 9.95. The Balaban J connectivity index is 2.44. The first-order chi connectivity index (χ1) is 5.10. The van der Waals surface area contributed by atoms with E-state index in [1.807, 2.05) is 0 Å². The van der Waals surface area contributed by atoms with Crippen LogP contribution in [0.15, 0.2) is 0 Å². The maximum absolute atomic E-state index is 11.1. The minimum absolute atomic E-state index is 0.142. The molecule has 11 heavy (non-hydrogen) atoms. The molecule has 0 atom stereocenters. The van der Waals surface area contributed by atoms with Crippen molar-refractivity contribution in [2.24, 2.45) is 0 Å². The summed E-state index contributed by atoms with van der Waals surface area (Å²) in [5.74, 6) is 0. The number of rotatable bonds is 3. The highest BCUT2D eigenvalue weighted by molar-refractivity contribution is 7.90. The van der Waals surface area contributed by atoms with Gasteiger partial charge in [-0.3, -0.25) is 0 Å². The van der Waals surface area contributed by atoms with Gasteiger partial charge in [0.1, 0.15) is 0 Å². The van der Waals surface area contributed by atoms with Gasteiger partial charge in [0, 0.05) is 7.11 Å². The van der Waals surface area contributed by atoms with Crippen molar-refractivity contribution in [3.63, 3.8) is 0 Å². The second-order valence-corrected chi connectivity index (χ2v) is 4.87. The van der Waals surface area contributed by atoms with E-state index in [0.717, 1.165) is 0 Å². The summed E-state index contributed by atoms with van der Waals surface area (Å²) in [6.07, 6.45) is 1.39. The highest BCUT2D eigenvalue weighted by atomic mass is 32.2. The Morgan fingerprint density at radius 2 is 2.00 bits per heavy atom. The minimum atomic E-state index is -3.03. The molecular formula is C6H13NO3S. The summed E-state index contributed by atoms with van der Waals surface area (Å²) in [4.78, 5) is 0. The van der Waals surface area contributed by atoms with E-state index in [9.17, 15) is 8.42 Å². The van der Waals surface area contributed by atoms with E-state index in [-0.39, 0.29) is 11.4 Å². The van der Waals surface area contributed by atoms with Crippen molar-refractivity contribution in [3.8, 4) is 0 Å². The molecule has 66 valence electrons. The Labute approximate surface area is 67.0 Å². The normalized spacial score (nSPS) is 31.5. The van der Waals surface area contributed by atoms with Gasteiger partial charge >= 0.3 is 0 Å². The Morgan fingerprint density at radius 1 is 1.45 bits per heavy atom. The van der Waals surface area contributed by atoms with Gasteiger partial charge in [-0.2, -0.15) is 0 Å². The topological polar surface area (TPSA) is 55.4 Å². The molecule has 0 unspecified atom stereocenters. The van der Waals surface area contributed by atoms with Crippen molar-refractivity contribution in [1.82, 2.24) is 4.72 Å². The first-order valence-electron chi connectivity index (χ1n) is 3.55. The molecule has 0 heterocycles. The lowest BCUT2D eigenvalue weighted by molar-refractivity contribution is 0.0434. The molecule has 1 saturated carbocycles. The molecule has 0 spiro atoms. The van der Waals surface area contributed by atoms with Crippen LogP contribution in [0.5, 0.6) is 0 Å². The van der Waals surface area contributed by atoms with Crippen molar-refractivity contribution < 1.29 is 13.2 Å². The molecule has 0 saturated heterocycles. The summed E-state index contributed by atoms with van der Waals surface area (Å²) in [7, 11) is 0.00952. The predicted octanol–water partition coefficient (Wildman–Crippen LogP) is -0.287. The lowest BCUT2D eigenvalue weighted by Crippen LogP contribution is -2.44. The van der Waals surface area contributed by atoms with Crippen LogP contribution >= 0.6 is 0 Å². The second kappa shape index (κ2) is 3.08. The molecule has 1 rings (SSSR count). The first-order valence-corrected chi connectivity index (χ1v) is 5.10. The average Bonchev–Trinajstić information content (AvgIpc) is 1.85. The fourth-order valence-electron chi connectivity index (χ4n) is 1.13. The summed E-state index contributed by atoms with van der Waals surface area (Å²) >= 11 is 0. The molecule has 0 amide bonds. The van der Waals surface area contributed by atoms with Gasteiger partial charge in [-0.15, -0.1) is 0 Å². The Kier molecular flexibility index (Phi) is 2.51. The zero-order valence-electron chi connectivity index (χ0n) is 6.70. The summed E-state index contributed by atoms with van der Waals surface area (Å²) in [6, 6.07) is 0. The molecule has 0 aromatic carbocycles. The SMILES string of the molecule is CNS(=O)(=O)C1CC(OC)C1. The van der Waals surface area contributed by atoms with Crippen molar-refractivity contribution in [1.29, 1.82) is 0 Å². The third-order valence-electron chi connectivity index (χ3n) is 2.11. The van der Waals surface area contributed by atoms with Gasteiger partial charge in [-0.25, -0.2) is 13.1 Å². The Bertz CT molecular complexity index is 218. The molecule has 5 heteroatoms. The van der Waals surface area contributed by atoms with Gasteiger partial charge in [0.15, 0.2) is 0 Å². The molecular weight excluding hydrogens is 166 g/mol. The van der Waals surface area contributed by atoms with Gasteiger partial charge in [0.2, 0.25) is 10.0 Å². The van der Waals surface area contributed by atoms with E-state index in [0.29, 0.717) is 12.8 Å². The van der Waals surface area contributed by atoms with Crippen molar-refractivity contribution >= 4 is 10.0 Å². The molecule has 1 fully saturated rings. The van der Waals surface area contributed by atoms with Crippen LogP contribution < -0.4 is 4.72 Å². The predicted molar refractivity (Wildman–Crippen MR) is 41.8 cm³/mol. The fraction of sp³-hybridized carbons (Fsp3) is 1.00. The van der Waals surface area contributed by atoms with E-state index >= 15 is 0 Å². The largest absolute Gasteiger partial charge is 0.381 e. The van der Waals surface area contributed by atoms with Gasteiger partial charge < -0.3 is 4.74 Å². The maximum Gasteiger partial charge on any atom is 0.214 e. The molecule has 4 nitrogen and oxygen atoms in total. The van der Waals surface area contributed by atoms with Crippen LogP contribution in [-0.2, 0) is 14.8 Å². The molecule has 0 aliphatic heterocycles. The highest BCUT2D eigenvalue weighted by Gasteiger charge is 2.37. The van der Waals surface area contributed by atoms with E-state index in [1.54, 1.807) is 7.11 Å². The van der Waals surface area contributed by atoms with Crippen molar-refractivity contribution in [2.45, 2.75) is 24.2 Å². The number of nitrogens with one attached hydrogen (secondary N) is 1. The standard InChI is InChI=1S/C6H13NO3S/c1-7-11(8,9)6-3-5(4-6)10-2/h5-7H,3-4H2,1-2H3. The van der Waals surface area contributed by atoms with Gasteiger partial charge in [-0.05, 0) is 19.9 Å². The number of methoxy groups -OCH3 is 1. The number of ether oxygens (including phenoxy) is 1. The molecule has 1 N–H and O–H groups in total. The molecule has 0 bridgehead atoms. The average molecular weight is 179 g/mol. The van der Waals surface area contributed by atoms with Gasteiger partial charge in [0.25, 0.3) is 0 Å². The zero-order chi connectivity index (χ0) is 8.48. The lowest BCUT2D eigenvalue weighted by Gasteiger charge is -2.32. The molecule has 0 radical (unpaired) electrons. The van der Waals surface area contributed by atoms with Crippen molar-refractivity contribution in [2.75, 3.05) is 14.2 Å². The van der Waals surface area contributed by atoms with Crippen LogP contribution in [0.3, 0.4) is 0 Å². The fourth-order valence-corrected chi connectivity index (χ4v) is 2.40. The van der Waals surface area contributed by atoms with Crippen LogP contribution in [0.2, 0.25) is 0 Å². The van der Waals surface area contributed by atoms with Gasteiger partial charge in [0.05, 0.1) is 11.4 Å². The number of hydrogen-bond donors (Lipinski definition) is 1. The molecule has 1 aliphatic carbocycles. The van der Waals surface area contributed by atoms with Crippen LogP contribution in [0.1, 0.15) is 12.8 Å². The van der Waals surface area contributed by atoms with Crippen LogP contribution in [0.4, 0.5) is 0 Å². The van der Waals surface area contributed by atoms with Crippen LogP contribution in [0.25, 0.3) is 0 Å². The second-order valence-electron chi connectivity index (χ2n) is 2.70. The van der Waals surface area contributed by atoms with E-state index in [4.69, 9.17) is 4.74 Å². The quantitative estimate of drug-likeness (QED) is 0.648. The van der Waals surface area contributed by atoms with Crippen LogP contribution in [0, 0.1) is 0 Å². The Morgan fingerprint density at radius 3 is 2.36 bits per heavy atom. The summed E-state index contributed by atoms with van der Waals surface area (Å²) in [5, 5.41) is -0.238. The van der Waals surface area contributed by atoms with E-state index in [2.05, 4.69) is 4.72 Å². The van der Waals surface area contributed by atoms with Crippen molar-refractivity contribution in [3.05, 3.63) is 0 Å². The van der Waals surface area contributed by atoms with E-state index < -0.39 is 10.0 Å². The first kappa shape index (κ1) is 8.96. The molecule has 0 aromatic heterocycles. The summed E-state index contributed by atoms with van der Waals surface area (Å²) in [6.45, 7) is 0. The van der Waals surface area contributed by atoms with Crippen LogP contribution in [-0.4, -0.2) is 33.9 Å². The monoisotopic (exact) mass is 179 g/mol. The van der Waals surface area contributed by atoms with E-state index in [1.165, 1.54) is 7.05 Å². The molecule has 0 aromatic rings. The number of sulfonamides is 1.